The van der Waals surface area contributed by atoms with E-state index in [0.717, 1.165) is 5.56 Å². The molecule has 1 N–H and O–H groups in total. The van der Waals surface area contributed by atoms with Crippen LogP contribution < -0.4 is 9.47 Å². The van der Waals surface area contributed by atoms with Gasteiger partial charge in [-0.05, 0) is 35.3 Å². The van der Waals surface area contributed by atoms with Crippen molar-refractivity contribution in [1.82, 2.24) is 0 Å². The number of aliphatic carboxylic acids is 1. The maximum atomic E-state index is 11.7. The molecule has 2 aromatic carbocycles. The van der Waals surface area contributed by atoms with Gasteiger partial charge in [-0.15, -0.1) is 0 Å². The van der Waals surface area contributed by atoms with Gasteiger partial charge in [0.2, 0.25) is 0 Å². The normalized spacial score (nSPS) is 11.5. The Labute approximate surface area is 142 Å². The van der Waals surface area contributed by atoms with Gasteiger partial charge in [0.25, 0.3) is 0 Å². The van der Waals surface area contributed by atoms with Crippen LogP contribution in [0.5, 0.6) is 11.5 Å². The van der Waals surface area contributed by atoms with Gasteiger partial charge in [-0.25, -0.2) is 4.79 Å². The van der Waals surface area contributed by atoms with E-state index in [1.165, 1.54) is 12.7 Å². The minimum atomic E-state index is -1.01. The van der Waals surface area contributed by atoms with Gasteiger partial charge < -0.3 is 14.6 Å². The van der Waals surface area contributed by atoms with E-state index in [1.54, 1.807) is 31.4 Å². The van der Waals surface area contributed by atoms with Crippen molar-refractivity contribution in [3.8, 4) is 11.5 Å². The number of hydrogen-bond donors (Lipinski definition) is 1. The van der Waals surface area contributed by atoms with Crippen molar-refractivity contribution in [3.63, 3.8) is 0 Å². The first-order valence-corrected chi connectivity index (χ1v) is 7.73. The Morgan fingerprint density at radius 1 is 1.04 bits per heavy atom. The van der Waals surface area contributed by atoms with Gasteiger partial charge in [-0.2, -0.15) is 0 Å². The number of rotatable bonds is 6. The summed E-state index contributed by atoms with van der Waals surface area (Å²) in [5, 5.41) is 9.62. The number of benzene rings is 2. The van der Waals surface area contributed by atoms with Gasteiger partial charge >= 0.3 is 5.97 Å². The summed E-state index contributed by atoms with van der Waals surface area (Å²) in [5.41, 5.74) is 2.73. The van der Waals surface area contributed by atoms with Crippen LogP contribution >= 0.6 is 0 Å². The summed E-state index contributed by atoms with van der Waals surface area (Å²) in [6.07, 6.45) is 1.65. The van der Waals surface area contributed by atoms with Crippen LogP contribution in [0, 0.1) is 0 Å². The summed E-state index contributed by atoms with van der Waals surface area (Å²) >= 11 is 0. The first-order chi connectivity index (χ1) is 11.5. The zero-order chi connectivity index (χ0) is 17.7. The van der Waals surface area contributed by atoms with E-state index in [4.69, 9.17) is 9.47 Å². The SMILES string of the molecule is COc1ccc(/C(=C/c2ccc(C(C)C)cc2)C(=O)O)c(OC)c1. The van der Waals surface area contributed by atoms with Crippen molar-refractivity contribution >= 4 is 17.6 Å². The Hall–Kier alpha value is -2.75. The van der Waals surface area contributed by atoms with Crippen molar-refractivity contribution in [2.75, 3.05) is 14.2 Å². The monoisotopic (exact) mass is 326 g/mol. The molecule has 0 radical (unpaired) electrons. The molecule has 2 aromatic rings. The molecule has 0 aromatic heterocycles. The third-order valence-corrected chi connectivity index (χ3v) is 3.84. The zero-order valence-corrected chi connectivity index (χ0v) is 14.4. The molecule has 0 aliphatic rings. The van der Waals surface area contributed by atoms with E-state index >= 15 is 0 Å². The molecular weight excluding hydrogens is 304 g/mol. The van der Waals surface area contributed by atoms with E-state index in [1.807, 2.05) is 24.3 Å². The van der Waals surface area contributed by atoms with Gasteiger partial charge in [-0.3, -0.25) is 0 Å². The average Bonchev–Trinajstić information content (AvgIpc) is 2.59. The van der Waals surface area contributed by atoms with Crippen molar-refractivity contribution in [2.45, 2.75) is 19.8 Å². The van der Waals surface area contributed by atoms with Crippen LogP contribution in [-0.4, -0.2) is 25.3 Å². The van der Waals surface area contributed by atoms with Crippen LogP contribution in [0.2, 0.25) is 0 Å². The topological polar surface area (TPSA) is 55.8 Å². The second-order valence-electron chi connectivity index (χ2n) is 5.75. The van der Waals surface area contributed by atoms with Crippen LogP contribution in [0.15, 0.2) is 42.5 Å². The highest BCUT2D eigenvalue weighted by molar-refractivity contribution is 6.21. The van der Waals surface area contributed by atoms with E-state index in [2.05, 4.69) is 13.8 Å². The summed E-state index contributed by atoms with van der Waals surface area (Å²) in [4.78, 5) is 11.7. The summed E-state index contributed by atoms with van der Waals surface area (Å²) in [5.74, 6) is 0.499. The van der Waals surface area contributed by atoms with Crippen molar-refractivity contribution in [1.29, 1.82) is 0 Å². The van der Waals surface area contributed by atoms with Crippen molar-refractivity contribution < 1.29 is 19.4 Å². The Morgan fingerprint density at radius 2 is 1.71 bits per heavy atom. The minimum absolute atomic E-state index is 0.173. The maximum Gasteiger partial charge on any atom is 0.336 e. The van der Waals surface area contributed by atoms with Crippen LogP contribution in [0.25, 0.3) is 11.6 Å². The summed E-state index contributed by atoms with van der Waals surface area (Å²) < 4.78 is 10.5. The van der Waals surface area contributed by atoms with Gasteiger partial charge in [0, 0.05) is 11.6 Å². The smallest absolute Gasteiger partial charge is 0.336 e. The lowest BCUT2D eigenvalue weighted by molar-refractivity contribution is -0.130. The molecule has 0 bridgehead atoms. The molecule has 0 unspecified atom stereocenters. The fourth-order valence-electron chi connectivity index (χ4n) is 2.42. The number of hydrogen-bond acceptors (Lipinski definition) is 3. The molecule has 0 fully saturated rings. The van der Waals surface area contributed by atoms with Gasteiger partial charge in [0.05, 0.1) is 19.8 Å². The van der Waals surface area contributed by atoms with Crippen LogP contribution in [0.4, 0.5) is 0 Å². The van der Waals surface area contributed by atoms with Crippen LogP contribution in [0.1, 0.15) is 36.5 Å². The van der Waals surface area contributed by atoms with Crippen LogP contribution in [0.3, 0.4) is 0 Å². The van der Waals surface area contributed by atoms with Crippen molar-refractivity contribution in [2.24, 2.45) is 0 Å². The molecule has 0 aliphatic carbocycles. The number of carboxylic acid groups (broad SMARTS) is 1. The number of carboxylic acids is 1. The van der Waals surface area contributed by atoms with Gasteiger partial charge in [0.1, 0.15) is 11.5 Å². The Morgan fingerprint density at radius 3 is 2.21 bits per heavy atom. The third-order valence-electron chi connectivity index (χ3n) is 3.84. The summed E-state index contributed by atoms with van der Waals surface area (Å²) in [6.45, 7) is 4.24. The fourth-order valence-corrected chi connectivity index (χ4v) is 2.42. The Balaban J connectivity index is 2.48. The lowest BCUT2D eigenvalue weighted by Gasteiger charge is -2.11. The molecule has 0 spiro atoms. The minimum Gasteiger partial charge on any atom is -0.497 e. The highest BCUT2D eigenvalue weighted by atomic mass is 16.5. The highest BCUT2D eigenvalue weighted by Gasteiger charge is 2.16. The summed E-state index contributed by atoms with van der Waals surface area (Å²) in [7, 11) is 3.06. The fraction of sp³-hybridized carbons (Fsp3) is 0.250. The molecule has 4 nitrogen and oxygen atoms in total. The Bertz CT molecular complexity index is 743. The molecule has 0 aliphatic heterocycles. The second-order valence-corrected chi connectivity index (χ2v) is 5.75. The summed E-state index contributed by atoms with van der Waals surface area (Å²) in [6, 6.07) is 13.0. The number of ether oxygens (including phenoxy) is 2. The van der Waals surface area contributed by atoms with Crippen molar-refractivity contribution in [3.05, 3.63) is 59.2 Å². The first kappa shape index (κ1) is 17.6. The molecule has 24 heavy (non-hydrogen) atoms. The van der Waals surface area contributed by atoms with Crippen LogP contribution in [-0.2, 0) is 4.79 Å². The molecule has 0 saturated carbocycles. The quantitative estimate of drug-likeness (QED) is 0.629. The molecule has 0 saturated heterocycles. The predicted molar refractivity (Wildman–Crippen MR) is 95.6 cm³/mol. The zero-order valence-electron chi connectivity index (χ0n) is 14.4. The number of methoxy groups -OCH3 is 2. The second kappa shape index (κ2) is 7.68. The average molecular weight is 326 g/mol. The molecule has 0 heterocycles. The lowest BCUT2D eigenvalue weighted by Crippen LogP contribution is -2.02. The first-order valence-electron chi connectivity index (χ1n) is 7.73. The lowest BCUT2D eigenvalue weighted by atomic mass is 9.98. The Kier molecular flexibility index (Phi) is 5.64. The number of carbonyl (C=O) groups is 1. The van der Waals surface area contributed by atoms with Gasteiger partial charge in [0.15, 0.2) is 0 Å². The van der Waals surface area contributed by atoms with E-state index in [-0.39, 0.29) is 5.57 Å². The van der Waals surface area contributed by atoms with E-state index < -0.39 is 5.97 Å². The van der Waals surface area contributed by atoms with E-state index in [9.17, 15) is 9.90 Å². The molecule has 2 rings (SSSR count). The largest absolute Gasteiger partial charge is 0.497 e. The molecule has 0 atom stereocenters. The molecule has 126 valence electrons. The maximum absolute atomic E-state index is 11.7. The third kappa shape index (κ3) is 3.96. The predicted octanol–water partition coefficient (Wildman–Crippen LogP) is 4.45. The molecule has 4 heteroatoms. The molecule has 0 amide bonds. The van der Waals surface area contributed by atoms with Gasteiger partial charge in [-0.1, -0.05) is 38.1 Å². The molecular formula is C20H22O4. The standard InChI is InChI=1S/C20H22O4/c1-13(2)15-7-5-14(6-8-15)11-18(20(21)22)17-10-9-16(23-3)12-19(17)24-4/h5-13H,1-4H3,(H,21,22)/b18-11-. The highest BCUT2D eigenvalue weighted by Crippen LogP contribution is 2.31. The van der Waals surface area contributed by atoms with E-state index in [0.29, 0.717) is 23.0 Å².